The first-order valence-corrected chi connectivity index (χ1v) is 5.17. The quantitative estimate of drug-likeness (QED) is 0.849. The lowest BCUT2D eigenvalue weighted by atomic mass is 10.3. The van der Waals surface area contributed by atoms with Crippen molar-refractivity contribution < 1.29 is 4.39 Å². The zero-order chi connectivity index (χ0) is 11.4. The predicted octanol–water partition coefficient (Wildman–Crippen LogP) is 1.52. The molecule has 84 valence electrons. The van der Waals surface area contributed by atoms with Crippen LogP contribution >= 0.6 is 0 Å². The van der Waals surface area contributed by atoms with Crippen molar-refractivity contribution in [1.82, 2.24) is 20.3 Å². The number of aromatic nitrogens is 3. The summed E-state index contributed by atoms with van der Waals surface area (Å²) in [5, 5.41) is 11.0. The van der Waals surface area contributed by atoms with Gasteiger partial charge in [-0.1, -0.05) is 12.1 Å². The lowest BCUT2D eigenvalue weighted by Gasteiger charge is -2.06. The molecule has 1 heterocycles. The van der Waals surface area contributed by atoms with Gasteiger partial charge in [0.2, 0.25) is 0 Å². The first-order chi connectivity index (χ1) is 7.81. The molecule has 0 spiro atoms. The van der Waals surface area contributed by atoms with Crippen LogP contribution in [-0.2, 0) is 6.54 Å². The highest BCUT2D eigenvalue weighted by Crippen LogP contribution is 2.10. The Bertz CT molecular complexity index is 449. The minimum absolute atomic E-state index is 0.253. The Balaban J connectivity index is 2.26. The molecule has 0 aliphatic carbocycles. The van der Waals surface area contributed by atoms with E-state index in [2.05, 4.69) is 15.6 Å². The van der Waals surface area contributed by atoms with E-state index in [1.54, 1.807) is 23.0 Å². The second kappa shape index (κ2) is 4.85. The third kappa shape index (κ3) is 2.25. The second-order valence-corrected chi connectivity index (χ2v) is 3.39. The fourth-order valence-corrected chi connectivity index (χ4v) is 1.43. The first kappa shape index (κ1) is 10.8. The van der Waals surface area contributed by atoms with Gasteiger partial charge in [0, 0.05) is 6.54 Å². The number of nitrogens with zero attached hydrogens (tertiary/aromatic N) is 3. The van der Waals surface area contributed by atoms with Crippen LogP contribution in [0.15, 0.2) is 30.5 Å². The average Bonchev–Trinajstić information content (AvgIpc) is 2.75. The van der Waals surface area contributed by atoms with E-state index in [1.807, 2.05) is 6.92 Å². The minimum Gasteiger partial charge on any atom is -0.311 e. The number of rotatable bonds is 4. The molecule has 0 unspecified atom stereocenters. The standard InChI is InChI=1S/C11H13FN4/c1-2-13-7-11-8-14-15-16(11)10-5-3-9(12)4-6-10/h3-6,8,13H,2,7H2,1H3. The maximum atomic E-state index is 12.8. The number of halogens is 1. The summed E-state index contributed by atoms with van der Waals surface area (Å²) < 4.78 is 14.5. The van der Waals surface area contributed by atoms with Crippen LogP contribution in [0, 0.1) is 5.82 Å². The van der Waals surface area contributed by atoms with Crippen molar-refractivity contribution in [2.24, 2.45) is 0 Å². The topological polar surface area (TPSA) is 42.7 Å². The lowest BCUT2D eigenvalue weighted by molar-refractivity contribution is 0.625. The van der Waals surface area contributed by atoms with Crippen LogP contribution in [-0.4, -0.2) is 21.5 Å². The Labute approximate surface area is 93.1 Å². The van der Waals surface area contributed by atoms with Crippen molar-refractivity contribution in [3.05, 3.63) is 42.0 Å². The fourth-order valence-electron chi connectivity index (χ4n) is 1.43. The van der Waals surface area contributed by atoms with Gasteiger partial charge in [-0.25, -0.2) is 9.07 Å². The Morgan fingerprint density at radius 1 is 1.31 bits per heavy atom. The molecule has 5 heteroatoms. The Hall–Kier alpha value is -1.75. The van der Waals surface area contributed by atoms with E-state index in [9.17, 15) is 4.39 Å². The Kier molecular flexibility index (Phi) is 3.26. The molecule has 4 nitrogen and oxygen atoms in total. The summed E-state index contributed by atoms with van der Waals surface area (Å²) in [4.78, 5) is 0. The van der Waals surface area contributed by atoms with Crippen molar-refractivity contribution in [3.63, 3.8) is 0 Å². The van der Waals surface area contributed by atoms with E-state index in [-0.39, 0.29) is 5.82 Å². The third-order valence-electron chi connectivity index (χ3n) is 2.25. The second-order valence-electron chi connectivity index (χ2n) is 3.39. The van der Waals surface area contributed by atoms with E-state index < -0.39 is 0 Å². The largest absolute Gasteiger partial charge is 0.311 e. The molecule has 0 saturated heterocycles. The van der Waals surface area contributed by atoms with E-state index in [0.29, 0.717) is 6.54 Å². The molecule has 1 aromatic heterocycles. The van der Waals surface area contributed by atoms with Gasteiger partial charge in [-0.3, -0.25) is 0 Å². The molecule has 2 aromatic rings. The number of hydrogen-bond acceptors (Lipinski definition) is 3. The summed E-state index contributed by atoms with van der Waals surface area (Å²) in [6.45, 7) is 3.61. The zero-order valence-corrected chi connectivity index (χ0v) is 9.02. The van der Waals surface area contributed by atoms with Crippen molar-refractivity contribution in [1.29, 1.82) is 0 Å². The molecule has 0 saturated carbocycles. The van der Waals surface area contributed by atoms with Crippen LogP contribution < -0.4 is 5.32 Å². The van der Waals surface area contributed by atoms with Crippen molar-refractivity contribution in [3.8, 4) is 5.69 Å². The molecule has 1 aromatic carbocycles. The van der Waals surface area contributed by atoms with Crippen LogP contribution in [0.25, 0.3) is 5.69 Å². The maximum absolute atomic E-state index is 12.8. The van der Waals surface area contributed by atoms with E-state index in [1.165, 1.54) is 12.1 Å². The number of nitrogens with one attached hydrogen (secondary N) is 1. The van der Waals surface area contributed by atoms with Gasteiger partial charge in [0.05, 0.1) is 17.6 Å². The minimum atomic E-state index is -0.253. The van der Waals surface area contributed by atoms with E-state index in [0.717, 1.165) is 17.9 Å². The summed E-state index contributed by atoms with van der Waals surface area (Å²) >= 11 is 0. The lowest BCUT2D eigenvalue weighted by Crippen LogP contribution is -2.15. The van der Waals surface area contributed by atoms with E-state index >= 15 is 0 Å². The average molecular weight is 220 g/mol. The van der Waals surface area contributed by atoms with Crippen molar-refractivity contribution in [2.45, 2.75) is 13.5 Å². The molecule has 16 heavy (non-hydrogen) atoms. The summed E-state index contributed by atoms with van der Waals surface area (Å²) in [7, 11) is 0. The molecule has 0 fully saturated rings. The summed E-state index contributed by atoms with van der Waals surface area (Å²) in [5.41, 5.74) is 1.76. The van der Waals surface area contributed by atoms with Gasteiger partial charge >= 0.3 is 0 Å². The highest BCUT2D eigenvalue weighted by molar-refractivity contribution is 5.32. The molecule has 0 atom stereocenters. The fraction of sp³-hybridized carbons (Fsp3) is 0.273. The molecule has 0 aliphatic heterocycles. The molecular weight excluding hydrogens is 207 g/mol. The van der Waals surface area contributed by atoms with Gasteiger partial charge in [-0.05, 0) is 30.8 Å². The zero-order valence-electron chi connectivity index (χ0n) is 9.02. The molecule has 1 N–H and O–H groups in total. The number of hydrogen-bond donors (Lipinski definition) is 1. The van der Waals surface area contributed by atoms with E-state index in [4.69, 9.17) is 0 Å². The van der Waals surface area contributed by atoms with Gasteiger partial charge in [0.25, 0.3) is 0 Å². The highest BCUT2D eigenvalue weighted by Gasteiger charge is 2.05. The van der Waals surface area contributed by atoms with Gasteiger partial charge in [-0.2, -0.15) is 0 Å². The molecule has 2 rings (SSSR count). The van der Waals surface area contributed by atoms with Gasteiger partial charge in [0.15, 0.2) is 0 Å². The Morgan fingerprint density at radius 3 is 2.75 bits per heavy atom. The van der Waals surface area contributed by atoms with Crippen LogP contribution in [0.1, 0.15) is 12.6 Å². The molecule has 0 amide bonds. The highest BCUT2D eigenvalue weighted by atomic mass is 19.1. The monoisotopic (exact) mass is 220 g/mol. The van der Waals surface area contributed by atoms with Gasteiger partial charge in [-0.15, -0.1) is 5.10 Å². The summed E-state index contributed by atoms with van der Waals surface area (Å²) in [6, 6.07) is 6.18. The first-order valence-electron chi connectivity index (χ1n) is 5.17. The van der Waals surface area contributed by atoms with Crippen LogP contribution in [0.3, 0.4) is 0 Å². The molecule has 0 bridgehead atoms. The van der Waals surface area contributed by atoms with Crippen LogP contribution in [0.2, 0.25) is 0 Å². The van der Waals surface area contributed by atoms with Crippen LogP contribution in [0.4, 0.5) is 4.39 Å². The summed E-state index contributed by atoms with van der Waals surface area (Å²) in [6.07, 6.45) is 1.70. The van der Waals surface area contributed by atoms with Crippen molar-refractivity contribution in [2.75, 3.05) is 6.54 Å². The Morgan fingerprint density at radius 2 is 2.06 bits per heavy atom. The van der Waals surface area contributed by atoms with Crippen LogP contribution in [0.5, 0.6) is 0 Å². The number of benzene rings is 1. The third-order valence-corrected chi connectivity index (χ3v) is 2.25. The molecule has 0 radical (unpaired) electrons. The SMILES string of the molecule is CCNCc1cnnn1-c1ccc(F)cc1. The van der Waals surface area contributed by atoms with Gasteiger partial charge < -0.3 is 5.32 Å². The smallest absolute Gasteiger partial charge is 0.123 e. The molecule has 0 aliphatic rings. The predicted molar refractivity (Wildman–Crippen MR) is 58.7 cm³/mol. The normalized spacial score (nSPS) is 10.6. The van der Waals surface area contributed by atoms with Crippen molar-refractivity contribution >= 4 is 0 Å². The molecular formula is C11H13FN4. The summed E-state index contributed by atoms with van der Waals surface area (Å²) in [5.74, 6) is -0.253. The van der Waals surface area contributed by atoms with Gasteiger partial charge in [0.1, 0.15) is 5.82 Å². The maximum Gasteiger partial charge on any atom is 0.123 e.